The topological polar surface area (TPSA) is 32.3 Å². The molecule has 1 aromatic carbocycles. The number of benzene rings is 1. The third-order valence-corrected chi connectivity index (χ3v) is 4.06. The van der Waals surface area contributed by atoms with Crippen LogP contribution in [0.15, 0.2) is 18.2 Å². The molecule has 1 saturated heterocycles. The van der Waals surface area contributed by atoms with Crippen LogP contribution in [0.25, 0.3) is 0 Å². The number of rotatable bonds is 4. The first kappa shape index (κ1) is 14.3. The molecule has 0 unspecified atom stereocenters. The zero-order chi connectivity index (χ0) is 13.8. The second-order valence-corrected chi connectivity index (χ2v) is 5.35. The lowest BCUT2D eigenvalue weighted by molar-refractivity contribution is -0.133. The van der Waals surface area contributed by atoms with Crippen molar-refractivity contribution in [1.29, 1.82) is 0 Å². The Labute approximate surface area is 115 Å². The molecule has 6 heteroatoms. The fourth-order valence-corrected chi connectivity index (χ4v) is 2.93. The van der Waals surface area contributed by atoms with Gasteiger partial charge in [0.15, 0.2) is 0 Å². The second kappa shape index (κ2) is 6.34. The highest BCUT2D eigenvalue weighted by atomic mass is 32.2. The minimum Gasteiger partial charge on any atom is -0.337 e. The van der Waals surface area contributed by atoms with E-state index >= 15 is 0 Å². The Bertz CT molecular complexity index is 444. The molecule has 1 amide bonds. The summed E-state index contributed by atoms with van der Waals surface area (Å²) in [4.78, 5) is 13.7. The fraction of sp³-hybridized carbons (Fsp3) is 0.462. The van der Waals surface area contributed by atoms with Gasteiger partial charge in [0, 0.05) is 23.7 Å². The standard InChI is InChI=1S/C13H16F2N2OS/c1-2-17(13(18)12-7-19-8-16-12)6-9-10(14)4-3-5-11(9)15/h3-5,12,16H,2,6-8H2,1H3/t12-/m0/s1. The van der Waals surface area contributed by atoms with Crippen molar-refractivity contribution >= 4 is 17.7 Å². The van der Waals surface area contributed by atoms with Crippen molar-refractivity contribution in [3.63, 3.8) is 0 Å². The van der Waals surface area contributed by atoms with Gasteiger partial charge in [0.1, 0.15) is 11.6 Å². The highest BCUT2D eigenvalue weighted by Crippen LogP contribution is 2.17. The monoisotopic (exact) mass is 286 g/mol. The zero-order valence-electron chi connectivity index (χ0n) is 10.7. The van der Waals surface area contributed by atoms with Crippen LogP contribution in [0, 0.1) is 11.6 Å². The van der Waals surface area contributed by atoms with E-state index in [1.165, 1.54) is 23.1 Å². The molecule has 1 N–H and O–H groups in total. The number of thioether (sulfide) groups is 1. The number of amides is 1. The van der Waals surface area contributed by atoms with Gasteiger partial charge in [-0.3, -0.25) is 10.1 Å². The van der Waals surface area contributed by atoms with Gasteiger partial charge in [0.2, 0.25) is 5.91 Å². The average molecular weight is 286 g/mol. The van der Waals surface area contributed by atoms with E-state index in [0.717, 1.165) is 5.88 Å². The summed E-state index contributed by atoms with van der Waals surface area (Å²) in [5.41, 5.74) is -0.0525. The summed E-state index contributed by atoms with van der Waals surface area (Å²) in [7, 11) is 0. The number of nitrogens with one attached hydrogen (secondary N) is 1. The molecule has 3 nitrogen and oxygen atoms in total. The first-order valence-electron chi connectivity index (χ1n) is 6.16. The predicted molar refractivity (Wildman–Crippen MR) is 71.7 cm³/mol. The van der Waals surface area contributed by atoms with Gasteiger partial charge >= 0.3 is 0 Å². The van der Waals surface area contributed by atoms with Crippen LogP contribution in [-0.4, -0.2) is 35.0 Å². The van der Waals surface area contributed by atoms with Crippen molar-refractivity contribution in [2.75, 3.05) is 18.2 Å². The van der Waals surface area contributed by atoms with Crippen LogP contribution in [-0.2, 0) is 11.3 Å². The Morgan fingerprint density at radius 1 is 1.47 bits per heavy atom. The quantitative estimate of drug-likeness (QED) is 0.918. The Balaban J connectivity index is 2.12. The second-order valence-electron chi connectivity index (χ2n) is 4.32. The molecule has 0 saturated carbocycles. The van der Waals surface area contributed by atoms with Crippen LogP contribution < -0.4 is 5.32 Å². The number of hydrogen-bond donors (Lipinski definition) is 1. The Hall–Kier alpha value is -1.14. The van der Waals surface area contributed by atoms with Crippen LogP contribution in [0.3, 0.4) is 0 Å². The molecule has 104 valence electrons. The van der Waals surface area contributed by atoms with Crippen LogP contribution in [0.4, 0.5) is 8.78 Å². The number of halogens is 2. The lowest BCUT2D eigenvalue weighted by Crippen LogP contribution is -2.44. The highest BCUT2D eigenvalue weighted by molar-refractivity contribution is 7.99. The molecule has 0 spiro atoms. The van der Waals surface area contributed by atoms with Crippen molar-refractivity contribution in [2.45, 2.75) is 19.5 Å². The largest absolute Gasteiger partial charge is 0.337 e. The Kier molecular flexibility index (Phi) is 4.76. The molecular formula is C13H16F2N2OS. The van der Waals surface area contributed by atoms with Gasteiger partial charge in [0.25, 0.3) is 0 Å². The molecular weight excluding hydrogens is 270 g/mol. The number of carbonyl (C=O) groups is 1. The van der Waals surface area contributed by atoms with E-state index in [4.69, 9.17) is 0 Å². The molecule has 0 aromatic heterocycles. The van der Waals surface area contributed by atoms with Gasteiger partial charge in [-0.15, -0.1) is 11.8 Å². The van der Waals surface area contributed by atoms with Gasteiger partial charge in [-0.25, -0.2) is 8.78 Å². The van der Waals surface area contributed by atoms with Crippen molar-refractivity contribution in [2.24, 2.45) is 0 Å². The smallest absolute Gasteiger partial charge is 0.240 e. The molecule has 19 heavy (non-hydrogen) atoms. The average Bonchev–Trinajstić information content (AvgIpc) is 2.92. The van der Waals surface area contributed by atoms with E-state index in [1.54, 1.807) is 18.7 Å². The molecule has 0 bridgehead atoms. The van der Waals surface area contributed by atoms with Crippen molar-refractivity contribution in [3.05, 3.63) is 35.4 Å². The molecule has 1 fully saturated rings. The molecule has 1 aliphatic rings. The highest BCUT2D eigenvalue weighted by Gasteiger charge is 2.27. The number of likely N-dealkylation sites (N-methyl/N-ethyl adjacent to an activating group) is 1. The summed E-state index contributed by atoms with van der Waals surface area (Å²) in [6, 6.07) is 3.49. The predicted octanol–water partition coefficient (Wildman–Crippen LogP) is 1.98. The molecule has 1 atom stereocenters. The summed E-state index contributed by atoms with van der Waals surface area (Å²) in [6.07, 6.45) is 0. The molecule has 2 rings (SSSR count). The third kappa shape index (κ3) is 3.25. The van der Waals surface area contributed by atoms with Gasteiger partial charge in [-0.05, 0) is 19.1 Å². The lowest BCUT2D eigenvalue weighted by Gasteiger charge is -2.24. The van der Waals surface area contributed by atoms with Gasteiger partial charge in [0.05, 0.1) is 12.6 Å². The minimum absolute atomic E-state index is 0.0311. The summed E-state index contributed by atoms with van der Waals surface area (Å²) in [5.74, 6) is 0.118. The molecule has 0 radical (unpaired) electrons. The normalized spacial score (nSPS) is 18.6. The lowest BCUT2D eigenvalue weighted by atomic mass is 10.1. The molecule has 0 aliphatic carbocycles. The van der Waals surface area contributed by atoms with Crippen LogP contribution in [0.2, 0.25) is 0 Å². The van der Waals surface area contributed by atoms with Crippen molar-refractivity contribution < 1.29 is 13.6 Å². The molecule has 1 heterocycles. The number of hydrogen-bond acceptors (Lipinski definition) is 3. The van der Waals surface area contributed by atoms with Crippen LogP contribution in [0.5, 0.6) is 0 Å². The van der Waals surface area contributed by atoms with E-state index in [1.807, 2.05) is 0 Å². The summed E-state index contributed by atoms with van der Waals surface area (Å²) >= 11 is 1.64. The van der Waals surface area contributed by atoms with Crippen LogP contribution >= 0.6 is 11.8 Å². The molecule has 1 aliphatic heterocycles. The van der Waals surface area contributed by atoms with Crippen LogP contribution in [0.1, 0.15) is 12.5 Å². The fourth-order valence-electron chi connectivity index (χ4n) is 1.99. The third-order valence-electron chi connectivity index (χ3n) is 3.12. The summed E-state index contributed by atoms with van der Waals surface area (Å²) in [5, 5.41) is 3.07. The van der Waals surface area contributed by atoms with Gasteiger partial charge in [-0.2, -0.15) is 0 Å². The minimum atomic E-state index is -0.611. The van der Waals surface area contributed by atoms with E-state index in [0.29, 0.717) is 12.3 Å². The van der Waals surface area contributed by atoms with E-state index in [2.05, 4.69) is 5.32 Å². The van der Waals surface area contributed by atoms with Crippen molar-refractivity contribution in [3.8, 4) is 0 Å². The summed E-state index contributed by atoms with van der Waals surface area (Å²) in [6.45, 7) is 2.20. The Morgan fingerprint density at radius 2 is 2.16 bits per heavy atom. The molecule has 1 aromatic rings. The maximum Gasteiger partial charge on any atom is 0.240 e. The van der Waals surface area contributed by atoms with Crippen molar-refractivity contribution in [1.82, 2.24) is 10.2 Å². The zero-order valence-corrected chi connectivity index (χ0v) is 11.5. The first-order chi connectivity index (χ1) is 9.13. The maximum absolute atomic E-state index is 13.6. The number of nitrogens with zero attached hydrogens (tertiary/aromatic N) is 1. The maximum atomic E-state index is 13.6. The SMILES string of the molecule is CCN(Cc1c(F)cccc1F)C(=O)[C@@H]1CSCN1. The van der Waals surface area contributed by atoms with E-state index < -0.39 is 11.6 Å². The Morgan fingerprint density at radius 3 is 2.68 bits per heavy atom. The van der Waals surface area contributed by atoms with E-state index in [9.17, 15) is 13.6 Å². The van der Waals surface area contributed by atoms with Gasteiger partial charge in [-0.1, -0.05) is 6.07 Å². The van der Waals surface area contributed by atoms with Gasteiger partial charge < -0.3 is 4.90 Å². The number of carbonyl (C=O) groups excluding carboxylic acids is 1. The van der Waals surface area contributed by atoms with E-state index in [-0.39, 0.29) is 24.1 Å². The summed E-state index contributed by atoms with van der Waals surface area (Å²) < 4.78 is 27.2. The first-order valence-corrected chi connectivity index (χ1v) is 7.31.